The standard InChI is InChI=1S/C13H19ClN2O/c1-8(7-14)10(3)16-13(17)12-6-5-9(2)15-11(12)4/h5-6,8,10H,7H2,1-4H3,(H,16,17). The lowest BCUT2D eigenvalue weighted by Crippen LogP contribution is -2.38. The van der Waals surface area contributed by atoms with Crippen molar-refractivity contribution in [3.8, 4) is 0 Å². The molecule has 4 heteroatoms. The van der Waals surface area contributed by atoms with Crippen molar-refractivity contribution in [1.29, 1.82) is 0 Å². The van der Waals surface area contributed by atoms with Crippen LogP contribution >= 0.6 is 11.6 Å². The average Bonchev–Trinajstić information content (AvgIpc) is 2.27. The Morgan fingerprint density at radius 1 is 1.41 bits per heavy atom. The van der Waals surface area contributed by atoms with Crippen LogP contribution in [0.4, 0.5) is 0 Å². The summed E-state index contributed by atoms with van der Waals surface area (Å²) in [7, 11) is 0. The molecule has 94 valence electrons. The quantitative estimate of drug-likeness (QED) is 0.840. The first kappa shape index (κ1) is 14.0. The predicted octanol–water partition coefficient (Wildman–Crippen LogP) is 2.69. The number of aryl methyl sites for hydroxylation is 2. The van der Waals surface area contributed by atoms with E-state index < -0.39 is 0 Å². The predicted molar refractivity (Wildman–Crippen MR) is 70.5 cm³/mol. The molecule has 0 fully saturated rings. The van der Waals surface area contributed by atoms with E-state index in [-0.39, 0.29) is 17.9 Å². The zero-order chi connectivity index (χ0) is 13.0. The largest absolute Gasteiger partial charge is 0.349 e. The fourth-order valence-electron chi connectivity index (χ4n) is 1.49. The first-order valence-electron chi connectivity index (χ1n) is 5.76. The Balaban J connectivity index is 2.76. The molecule has 1 aromatic rings. The Morgan fingerprint density at radius 3 is 2.59 bits per heavy atom. The second-order valence-corrected chi connectivity index (χ2v) is 4.79. The van der Waals surface area contributed by atoms with Gasteiger partial charge in [0.1, 0.15) is 0 Å². The van der Waals surface area contributed by atoms with Gasteiger partial charge in [0.05, 0.1) is 11.3 Å². The van der Waals surface area contributed by atoms with Crippen molar-refractivity contribution in [3.05, 3.63) is 29.1 Å². The van der Waals surface area contributed by atoms with Gasteiger partial charge in [-0.25, -0.2) is 0 Å². The van der Waals surface area contributed by atoms with Crippen LogP contribution in [0.3, 0.4) is 0 Å². The number of aromatic nitrogens is 1. The van der Waals surface area contributed by atoms with Gasteiger partial charge in [0.15, 0.2) is 0 Å². The fourth-order valence-corrected chi connectivity index (χ4v) is 1.75. The topological polar surface area (TPSA) is 42.0 Å². The third-order valence-electron chi connectivity index (χ3n) is 2.93. The number of nitrogens with zero attached hydrogens (tertiary/aromatic N) is 1. The summed E-state index contributed by atoms with van der Waals surface area (Å²) in [5, 5.41) is 2.94. The van der Waals surface area contributed by atoms with Crippen molar-refractivity contribution in [3.63, 3.8) is 0 Å². The van der Waals surface area contributed by atoms with E-state index in [1.54, 1.807) is 0 Å². The Bertz CT molecular complexity index is 406. The summed E-state index contributed by atoms with van der Waals surface area (Å²) in [6.07, 6.45) is 0. The van der Waals surface area contributed by atoms with Gasteiger partial charge in [-0.1, -0.05) is 6.92 Å². The van der Waals surface area contributed by atoms with Crippen LogP contribution in [0.5, 0.6) is 0 Å². The SMILES string of the molecule is Cc1ccc(C(=O)NC(C)C(C)CCl)c(C)n1. The first-order chi connectivity index (χ1) is 7.95. The minimum absolute atomic E-state index is 0.0562. The molecule has 0 spiro atoms. The molecule has 1 heterocycles. The number of amides is 1. The maximum absolute atomic E-state index is 12.0. The molecule has 1 amide bonds. The molecule has 2 unspecified atom stereocenters. The Kier molecular flexibility index (Phi) is 4.94. The highest BCUT2D eigenvalue weighted by atomic mass is 35.5. The van der Waals surface area contributed by atoms with Crippen LogP contribution in [0, 0.1) is 19.8 Å². The Labute approximate surface area is 108 Å². The molecule has 2 atom stereocenters. The number of alkyl halides is 1. The maximum atomic E-state index is 12.0. The molecule has 0 radical (unpaired) electrons. The van der Waals surface area contributed by atoms with Gasteiger partial charge < -0.3 is 5.32 Å². The lowest BCUT2D eigenvalue weighted by Gasteiger charge is -2.19. The molecule has 17 heavy (non-hydrogen) atoms. The summed E-state index contributed by atoms with van der Waals surface area (Å²) in [6, 6.07) is 3.71. The maximum Gasteiger partial charge on any atom is 0.253 e. The molecule has 1 aromatic heterocycles. The number of pyridine rings is 1. The van der Waals surface area contributed by atoms with Gasteiger partial charge in [-0.05, 0) is 38.8 Å². The van der Waals surface area contributed by atoms with E-state index in [0.717, 1.165) is 11.4 Å². The number of carbonyl (C=O) groups excluding carboxylic acids is 1. The summed E-state index contributed by atoms with van der Waals surface area (Å²) in [6.45, 7) is 7.73. The molecule has 3 nitrogen and oxygen atoms in total. The number of rotatable bonds is 4. The molecule has 0 aliphatic heterocycles. The Hall–Kier alpha value is -1.09. The number of carbonyl (C=O) groups is 1. The second kappa shape index (κ2) is 6.01. The molecule has 0 aliphatic carbocycles. The van der Waals surface area contributed by atoms with E-state index in [1.807, 2.05) is 39.8 Å². The van der Waals surface area contributed by atoms with Gasteiger partial charge in [0.2, 0.25) is 0 Å². The van der Waals surface area contributed by atoms with Crippen LogP contribution in [-0.2, 0) is 0 Å². The summed E-state index contributed by atoms with van der Waals surface area (Å²) in [5.74, 6) is 0.700. The number of halogens is 1. The summed E-state index contributed by atoms with van der Waals surface area (Å²) in [5.41, 5.74) is 2.30. The second-order valence-electron chi connectivity index (χ2n) is 4.48. The van der Waals surface area contributed by atoms with Crippen LogP contribution in [0.25, 0.3) is 0 Å². The van der Waals surface area contributed by atoms with Crippen LogP contribution < -0.4 is 5.32 Å². The highest BCUT2D eigenvalue weighted by Crippen LogP contribution is 2.09. The van der Waals surface area contributed by atoms with Gasteiger partial charge in [0.25, 0.3) is 5.91 Å². The van der Waals surface area contributed by atoms with Gasteiger partial charge in [-0.3, -0.25) is 9.78 Å². The molecule has 0 aromatic carbocycles. The van der Waals surface area contributed by atoms with Crippen molar-refractivity contribution >= 4 is 17.5 Å². The van der Waals surface area contributed by atoms with E-state index in [0.29, 0.717) is 11.4 Å². The summed E-state index contributed by atoms with van der Waals surface area (Å²) >= 11 is 5.76. The van der Waals surface area contributed by atoms with Crippen LogP contribution in [0.1, 0.15) is 35.6 Å². The molecule has 1 rings (SSSR count). The molecular weight excluding hydrogens is 236 g/mol. The summed E-state index contributed by atoms with van der Waals surface area (Å²) in [4.78, 5) is 16.3. The van der Waals surface area contributed by atoms with E-state index >= 15 is 0 Å². The minimum atomic E-state index is -0.0838. The monoisotopic (exact) mass is 254 g/mol. The van der Waals surface area contributed by atoms with Crippen LogP contribution in [0.2, 0.25) is 0 Å². The van der Waals surface area contributed by atoms with Gasteiger partial charge in [-0.2, -0.15) is 0 Å². The third kappa shape index (κ3) is 3.70. The normalized spacial score (nSPS) is 14.2. The van der Waals surface area contributed by atoms with Crippen molar-refractivity contribution in [2.45, 2.75) is 33.7 Å². The molecule has 0 aliphatic rings. The molecule has 1 N–H and O–H groups in total. The number of nitrogens with one attached hydrogen (secondary N) is 1. The van der Waals surface area contributed by atoms with Gasteiger partial charge in [-0.15, -0.1) is 11.6 Å². The van der Waals surface area contributed by atoms with Crippen molar-refractivity contribution < 1.29 is 4.79 Å². The first-order valence-corrected chi connectivity index (χ1v) is 6.30. The average molecular weight is 255 g/mol. The molecule has 0 saturated heterocycles. The highest BCUT2D eigenvalue weighted by molar-refractivity contribution is 6.18. The zero-order valence-corrected chi connectivity index (χ0v) is 11.5. The van der Waals surface area contributed by atoms with Crippen molar-refractivity contribution in [2.24, 2.45) is 5.92 Å². The highest BCUT2D eigenvalue weighted by Gasteiger charge is 2.16. The van der Waals surface area contributed by atoms with Gasteiger partial charge in [0, 0.05) is 17.6 Å². The van der Waals surface area contributed by atoms with Crippen LogP contribution in [0.15, 0.2) is 12.1 Å². The molecule has 0 saturated carbocycles. The molecular formula is C13H19ClN2O. The third-order valence-corrected chi connectivity index (χ3v) is 3.41. The van der Waals surface area contributed by atoms with E-state index in [4.69, 9.17) is 11.6 Å². The molecule has 0 bridgehead atoms. The lowest BCUT2D eigenvalue weighted by atomic mass is 10.1. The smallest absolute Gasteiger partial charge is 0.253 e. The zero-order valence-electron chi connectivity index (χ0n) is 10.7. The van der Waals surface area contributed by atoms with E-state index in [9.17, 15) is 4.79 Å². The fraction of sp³-hybridized carbons (Fsp3) is 0.538. The lowest BCUT2D eigenvalue weighted by molar-refractivity contribution is 0.0930. The van der Waals surface area contributed by atoms with Gasteiger partial charge >= 0.3 is 0 Å². The van der Waals surface area contributed by atoms with E-state index in [2.05, 4.69) is 10.3 Å². The number of hydrogen-bond donors (Lipinski definition) is 1. The minimum Gasteiger partial charge on any atom is -0.349 e. The summed E-state index contributed by atoms with van der Waals surface area (Å²) < 4.78 is 0. The Morgan fingerprint density at radius 2 is 2.06 bits per heavy atom. The van der Waals surface area contributed by atoms with Crippen molar-refractivity contribution in [2.75, 3.05) is 5.88 Å². The van der Waals surface area contributed by atoms with E-state index in [1.165, 1.54) is 0 Å². The van der Waals surface area contributed by atoms with Crippen molar-refractivity contribution in [1.82, 2.24) is 10.3 Å². The number of hydrogen-bond acceptors (Lipinski definition) is 2. The van der Waals surface area contributed by atoms with Crippen LogP contribution in [-0.4, -0.2) is 22.8 Å².